The highest BCUT2D eigenvalue weighted by Gasteiger charge is 2.32. The molecular formula is C26H31N3O4. The number of aliphatic carboxylic acids is 1. The van der Waals surface area contributed by atoms with E-state index in [1.54, 1.807) is 12.1 Å². The summed E-state index contributed by atoms with van der Waals surface area (Å²) in [5, 5.41) is 22.7. The fourth-order valence-corrected chi connectivity index (χ4v) is 3.80. The van der Waals surface area contributed by atoms with Gasteiger partial charge in [-0.3, -0.25) is 9.69 Å². The van der Waals surface area contributed by atoms with Gasteiger partial charge in [0.25, 0.3) is 0 Å². The molecule has 0 atom stereocenters. The molecule has 0 amide bonds. The Morgan fingerprint density at radius 1 is 1.24 bits per heavy atom. The van der Waals surface area contributed by atoms with Crippen molar-refractivity contribution in [3.63, 3.8) is 0 Å². The van der Waals surface area contributed by atoms with E-state index in [0.717, 1.165) is 29.8 Å². The summed E-state index contributed by atoms with van der Waals surface area (Å²) >= 11 is 0. The Labute approximate surface area is 195 Å². The summed E-state index contributed by atoms with van der Waals surface area (Å²) in [7, 11) is 0. The molecule has 1 heterocycles. The van der Waals surface area contributed by atoms with Crippen molar-refractivity contribution in [1.29, 1.82) is 5.26 Å². The van der Waals surface area contributed by atoms with E-state index in [1.807, 2.05) is 32.9 Å². The van der Waals surface area contributed by atoms with Crippen molar-refractivity contribution in [2.75, 3.05) is 13.1 Å². The van der Waals surface area contributed by atoms with Crippen molar-refractivity contribution < 1.29 is 19.5 Å². The standard InChI is InChI=1S/C26H31N3O4/c1-5-20-11-21(7-8-22(20)13-29-14-24(15-29)26(30)31)18(4)28-32-16-19-6-9-25(33-17(2)3)23(10-19)12-27/h6-11,17,24H,5,13-16H2,1-4H3,(H,30,31). The van der Waals surface area contributed by atoms with Crippen LogP contribution in [0.3, 0.4) is 0 Å². The number of nitrogens with zero attached hydrogens (tertiary/aromatic N) is 3. The van der Waals surface area contributed by atoms with Crippen LogP contribution in [-0.2, 0) is 29.2 Å². The third-order valence-electron chi connectivity index (χ3n) is 5.67. The van der Waals surface area contributed by atoms with Gasteiger partial charge in [-0.1, -0.05) is 30.3 Å². The molecule has 7 nitrogen and oxygen atoms in total. The molecule has 7 heteroatoms. The first-order valence-electron chi connectivity index (χ1n) is 11.2. The molecule has 33 heavy (non-hydrogen) atoms. The molecule has 1 aliphatic rings. The van der Waals surface area contributed by atoms with Gasteiger partial charge in [0.15, 0.2) is 0 Å². The molecule has 0 spiro atoms. The molecule has 1 saturated heterocycles. The first-order valence-corrected chi connectivity index (χ1v) is 11.2. The van der Waals surface area contributed by atoms with Gasteiger partial charge in [0.05, 0.1) is 23.3 Å². The van der Waals surface area contributed by atoms with Crippen LogP contribution in [0, 0.1) is 17.2 Å². The Bertz CT molecular complexity index is 1070. The average molecular weight is 450 g/mol. The van der Waals surface area contributed by atoms with E-state index in [4.69, 9.17) is 14.7 Å². The second-order valence-corrected chi connectivity index (χ2v) is 8.63. The zero-order valence-electron chi connectivity index (χ0n) is 19.7. The van der Waals surface area contributed by atoms with Crippen LogP contribution >= 0.6 is 0 Å². The maximum atomic E-state index is 11.0. The van der Waals surface area contributed by atoms with E-state index in [0.29, 0.717) is 24.4 Å². The van der Waals surface area contributed by atoms with Gasteiger partial charge in [-0.15, -0.1) is 0 Å². The summed E-state index contributed by atoms with van der Waals surface area (Å²) < 4.78 is 5.65. The number of ether oxygens (including phenoxy) is 1. The molecule has 2 aromatic rings. The second-order valence-electron chi connectivity index (χ2n) is 8.63. The maximum absolute atomic E-state index is 11.0. The number of nitriles is 1. The number of oxime groups is 1. The third kappa shape index (κ3) is 6.33. The first kappa shape index (κ1) is 24.3. The predicted octanol–water partition coefficient (Wildman–Crippen LogP) is 4.37. The van der Waals surface area contributed by atoms with Gasteiger partial charge < -0.3 is 14.7 Å². The third-order valence-corrected chi connectivity index (χ3v) is 5.67. The van der Waals surface area contributed by atoms with Crippen molar-refractivity contribution in [2.24, 2.45) is 11.1 Å². The summed E-state index contributed by atoms with van der Waals surface area (Å²) in [6.07, 6.45) is 0.883. The van der Waals surface area contributed by atoms with E-state index in [1.165, 1.54) is 11.1 Å². The van der Waals surface area contributed by atoms with Gasteiger partial charge in [0.2, 0.25) is 0 Å². The minimum absolute atomic E-state index is 0.00147. The fourth-order valence-electron chi connectivity index (χ4n) is 3.80. The summed E-state index contributed by atoms with van der Waals surface area (Å²) in [5.74, 6) is -0.392. The highest BCUT2D eigenvalue weighted by Crippen LogP contribution is 2.23. The van der Waals surface area contributed by atoms with E-state index >= 15 is 0 Å². The normalized spacial score (nSPS) is 14.6. The highest BCUT2D eigenvalue weighted by atomic mass is 16.6. The van der Waals surface area contributed by atoms with Crippen LogP contribution in [0.5, 0.6) is 5.75 Å². The zero-order valence-corrected chi connectivity index (χ0v) is 19.7. The van der Waals surface area contributed by atoms with Crippen LogP contribution in [0.4, 0.5) is 0 Å². The van der Waals surface area contributed by atoms with E-state index < -0.39 is 5.97 Å². The van der Waals surface area contributed by atoms with Crippen molar-refractivity contribution in [3.8, 4) is 11.8 Å². The van der Waals surface area contributed by atoms with Crippen molar-refractivity contribution >= 4 is 11.7 Å². The van der Waals surface area contributed by atoms with Gasteiger partial charge in [-0.25, -0.2) is 0 Å². The van der Waals surface area contributed by atoms with Crippen LogP contribution in [-0.4, -0.2) is 40.9 Å². The molecule has 0 unspecified atom stereocenters. The number of hydrogen-bond acceptors (Lipinski definition) is 6. The van der Waals surface area contributed by atoms with Gasteiger partial charge in [-0.05, 0) is 67.6 Å². The average Bonchev–Trinajstić information content (AvgIpc) is 2.76. The van der Waals surface area contributed by atoms with Gasteiger partial charge in [-0.2, -0.15) is 5.26 Å². The lowest BCUT2D eigenvalue weighted by Gasteiger charge is -2.37. The molecule has 3 rings (SSSR count). The topological polar surface area (TPSA) is 95.2 Å². The zero-order chi connectivity index (χ0) is 24.0. The largest absolute Gasteiger partial charge is 0.490 e. The summed E-state index contributed by atoms with van der Waals surface area (Å²) in [6.45, 7) is 10.1. The molecule has 0 radical (unpaired) electrons. The monoisotopic (exact) mass is 449 g/mol. The number of rotatable bonds is 10. The lowest BCUT2D eigenvalue weighted by Crippen LogP contribution is -2.49. The summed E-state index contributed by atoms with van der Waals surface area (Å²) in [5.41, 5.74) is 5.52. The highest BCUT2D eigenvalue weighted by molar-refractivity contribution is 5.98. The summed E-state index contributed by atoms with van der Waals surface area (Å²) in [6, 6.07) is 13.8. The quantitative estimate of drug-likeness (QED) is 0.428. The fraction of sp³-hybridized carbons (Fsp3) is 0.423. The molecular weight excluding hydrogens is 418 g/mol. The number of carbonyl (C=O) groups is 1. The number of carboxylic acid groups (broad SMARTS) is 1. The Kier molecular flexibility index (Phi) is 8.07. The van der Waals surface area contributed by atoms with Gasteiger partial charge in [0, 0.05) is 19.6 Å². The smallest absolute Gasteiger partial charge is 0.309 e. The molecule has 2 aromatic carbocycles. The molecule has 0 bridgehead atoms. The van der Waals surface area contributed by atoms with Crippen molar-refractivity contribution in [3.05, 3.63) is 64.2 Å². The predicted molar refractivity (Wildman–Crippen MR) is 126 cm³/mol. The lowest BCUT2D eigenvalue weighted by atomic mass is 9.96. The molecule has 174 valence electrons. The van der Waals surface area contributed by atoms with Gasteiger partial charge in [0.1, 0.15) is 18.4 Å². The SMILES string of the molecule is CCc1cc(C(C)=NOCc2ccc(OC(C)C)c(C#N)c2)ccc1CN1CC(C(=O)O)C1. The lowest BCUT2D eigenvalue weighted by molar-refractivity contribution is -0.147. The van der Waals surface area contributed by atoms with Crippen LogP contribution in [0.2, 0.25) is 0 Å². The van der Waals surface area contributed by atoms with Crippen LogP contribution < -0.4 is 4.74 Å². The van der Waals surface area contributed by atoms with Crippen LogP contribution in [0.1, 0.15) is 55.5 Å². The van der Waals surface area contributed by atoms with E-state index in [9.17, 15) is 10.1 Å². The Morgan fingerprint density at radius 2 is 2.00 bits per heavy atom. The minimum Gasteiger partial charge on any atom is -0.490 e. The Hall–Kier alpha value is -3.37. The van der Waals surface area contributed by atoms with E-state index in [2.05, 4.69) is 35.2 Å². The van der Waals surface area contributed by atoms with Gasteiger partial charge >= 0.3 is 5.97 Å². The number of aryl methyl sites for hydroxylation is 1. The molecule has 0 aliphatic carbocycles. The minimum atomic E-state index is -0.715. The van der Waals surface area contributed by atoms with E-state index in [-0.39, 0.29) is 18.6 Å². The molecule has 1 aliphatic heterocycles. The Morgan fingerprint density at radius 3 is 2.64 bits per heavy atom. The van der Waals surface area contributed by atoms with Crippen molar-refractivity contribution in [2.45, 2.75) is 53.4 Å². The molecule has 1 fully saturated rings. The number of hydrogen-bond donors (Lipinski definition) is 1. The maximum Gasteiger partial charge on any atom is 0.309 e. The van der Waals surface area contributed by atoms with Crippen LogP contribution in [0.25, 0.3) is 0 Å². The first-order chi connectivity index (χ1) is 15.8. The number of carboxylic acids is 1. The molecule has 1 N–H and O–H groups in total. The van der Waals surface area contributed by atoms with Crippen LogP contribution in [0.15, 0.2) is 41.6 Å². The molecule has 0 saturated carbocycles. The number of benzene rings is 2. The molecule has 0 aromatic heterocycles. The second kappa shape index (κ2) is 11.0. The van der Waals surface area contributed by atoms with Crippen molar-refractivity contribution in [1.82, 2.24) is 4.90 Å². The Balaban J connectivity index is 1.61. The number of likely N-dealkylation sites (tertiary alicyclic amines) is 1. The summed E-state index contributed by atoms with van der Waals surface area (Å²) in [4.78, 5) is 18.7.